The van der Waals surface area contributed by atoms with Crippen LogP contribution in [0.25, 0.3) is 11.1 Å². The molecule has 0 aliphatic carbocycles. The van der Waals surface area contributed by atoms with Crippen LogP contribution in [0.5, 0.6) is 5.75 Å². The number of hydrogen-bond donors (Lipinski definition) is 2. The molecule has 2 aromatic carbocycles. The number of amides is 1. The molecule has 0 heterocycles. The second kappa shape index (κ2) is 8.50. The van der Waals surface area contributed by atoms with Gasteiger partial charge in [-0.05, 0) is 36.6 Å². The van der Waals surface area contributed by atoms with Crippen LogP contribution in [0.4, 0.5) is 0 Å². The van der Waals surface area contributed by atoms with Crippen molar-refractivity contribution in [2.75, 3.05) is 13.2 Å². The number of carbonyl (C=O) groups is 1. The molecule has 0 saturated heterocycles. The summed E-state index contributed by atoms with van der Waals surface area (Å²) in [4.78, 5) is 12.3. The van der Waals surface area contributed by atoms with Crippen molar-refractivity contribution in [2.24, 2.45) is 5.92 Å². The van der Waals surface area contributed by atoms with Gasteiger partial charge in [0.05, 0.1) is 12.7 Å². The van der Waals surface area contributed by atoms with Gasteiger partial charge < -0.3 is 15.2 Å². The van der Waals surface area contributed by atoms with Gasteiger partial charge in [0.25, 0.3) is 5.91 Å². The molecule has 0 saturated carbocycles. The van der Waals surface area contributed by atoms with Crippen molar-refractivity contribution >= 4 is 5.91 Å². The molecule has 4 nitrogen and oxygen atoms in total. The first-order valence-corrected chi connectivity index (χ1v) is 8.31. The maximum atomic E-state index is 12.3. The summed E-state index contributed by atoms with van der Waals surface area (Å²) in [6.07, 6.45) is -0.546. The SMILES string of the molecule is CCOc1ccccc1-c1cccc(C(=O)NCC(O)C(C)C)c1. The maximum Gasteiger partial charge on any atom is 0.251 e. The summed E-state index contributed by atoms with van der Waals surface area (Å²) in [7, 11) is 0. The summed E-state index contributed by atoms with van der Waals surface area (Å²) < 4.78 is 5.66. The molecular formula is C20H25NO3. The van der Waals surface area contributed by atoms with Crippen molar-refractivity contribution in [3.05, 3.63) is 54.1 Å². The van der Waals surface area contributed by atoms with E-state index in [-0.39, 0.29) is 18.4 Å². The molecule has 0 aliphatic heterocycles. The van der Waals surface area contributed by atoms with E-state index in [0.29, 0.717) is 12.2 Å². The van der Waals surface area contributed by atoms with E-state index >= 15 is 0 Å². The molecule has 2 rings (SSSR count). The van der Waals surface area contributed by atoms with Gasteiger partial charge in [0.1, 0.15) is 5.75 Å². The normalized spacial score (nSPS) is 12.0. The molecule has 0 aromatic heterocycles. The largest absolute Gasteiger partial charge is 0.493 e. The Balaban J connectivity index is 2.19. The number of ether oxygens (including phenoxy) is 1. The number of nitrogens with one attached hydrogen (secondary N) is 1. The summed E-state index contributed by atoms with van der Waals surface area (Å²) in [5.74, 6) is 0.716. The van der Waals surface area contributed by atoms with Crippen LogP contribution in [-0.4, -0.2) is 30.3 Å². The Kier molecular flexibility index (Phi) is 6.38. The Morgan fingerprint density at radius 3 is 2.62 bits per heavy atom. The second-order valence-corrected chi connectivity index (χ2v) is 6.03. The Bertz CT molecular complexity index is 682. The van der Waals surface area contributed by atoms with Crippen LogP contribution in [0.3, 0.4) is 0 Å². The van der Waals surface area contributed by atoms with E-state index in [4.69, 9.17) is 4.74 Å². The quantitative estimate of drug-likeness (QED) is 0.818. The molecule has 2 aromatic rings. The number of carbonyl (C=O) groups excluding carboxylic acids is 1. The van der Waals surface area contributed by atoms with E-state index in [1.54, 1.807) is 6.07 Å². The fourth-order valence-electron chi connectivity index (χ4n) is 2.35. The highest BCUT2D eigenvalue weighted by Gasteiger charge is 2.13. The van der Waals surface area contributed by atoms with Crippen LogP contribution in [-0.2, 0) is 0 Å². The molecule has 1 amide bonds. The minimum Gasteiger partial charge on any atom is -0.493 e. The second-order valence-electron chi connectivity index (χ2n) is 6.03. The molecule has 4 heteroatoms. The first-order valence-electron chi connectivity index (χ1n) is 8.31. The van der Waals surface area contributed by atoms with Crippen molar-refractivity contribution in [1.82, 2.24) is 5.32 Å². The summed E-state index contributed by atoms with van der Waals surface area (Å²) in [6, 6.07) is 15.2. The lowest BCUT2D eigenvalue weighted by molar-refractivity contribution is 0.0871. The third kappa shape index (κ3) is 4.59. The lowest BCUT2D eigenvalue weighted by Crippen LogP contribution is -2.34. The van der Waals surface area contributed by atoms with E-state index in [2.05, 4.69) is 5.32 Å². The maximum absolute atomic E-state index is 12.3. The highest BCUT2D eigenvalue weighted by molar-refractivity contribution is 5.95. The van der Waals surface area contributed by atoms with E-state index in [9.17, 15) is 9.90 Å². The molecule has 1 unspecified atom stereocenters. The summed E-state index contributed by atoms with van der Waals surface area (Å²) in [5, 5.41) is 12.6. The molecule has 0 bridgehead atoms. The summed E-state index contributed by atoms with van der Waals surface area (Å²) in [5.41, 5.74) is 2.45. The van der Waals surface area contributed by atoms with Crippen molar-refractivity contribution in [3.63, 3.8) is 0 Å². The molecule has 0 spiro atoms. The van der Waals surface area contributed by atoms with Gasteiger partial charge in [-0.3, -0.25) is 4.79 Å². The number of aliphatic hydroxyl groups is 1. The first kappa shape index (κ1) is 18.0. The smallest absolute Gasteiger partial charge is 0.251 e. The number of aliphatic hydroxyl groups excluding tert-OH is 1. The Hall–Kier alpha value is -2.33. The number of para-hydroxylation sites is 1. The molecule has 128 valence electrons. The van der Waals surface area contributed by atoms with Crippen molar-refractivity contribution < 1.29 is 14.6 Å². The molecule has 1 atom stereocenters. The molecule has 0 fully saturated rings. The van der Waals surface area contributed by atoms with Crippen LogP contribution in [0.15, 0.2) is 48.5 Å². The van der Waals surface area contributed by atoms with E-state index in [0.717, 1.165) is 16.9 Å². The number of hydrogen-bond acceptors (Lipinski definition) is 3. The third-order valence-electron chi connectivity index (χ3n) is 3.86. The van der Waals surface area contributed by atoms with Crippen molar-refractivity contribution in [2.45, 2.75) is 26.9 Å². The van der Waals surface area contributed by atoms with Crippen LogP contribution < -0.4 is 10.1 Å². The molecule has 2 N–H and O–H groups in total. The monoisotopic (exact) mass is 327 g/mol. The minimum atomic E-state index is -0.546. The third-order valence-corrected chi connectivity index (χ3v) is 3.86. The van der Waals surface area contributed by atoms with Gasteiger partial charge in [0.15, 0.2) is 0 Å². The standard InChI is InChI=1S/C20H25NO3/c1-4-24-19-11-6-5-10-17(19)15-8-7-9-16(12-15)20(23)21-13-18(22)14(2)3/h5-12,14,18,22H,4,13H2,1-3H3,(H,21,23). The van der Waals surface area contributed by atoms with Gasteiger partial charge in [0, 0.05) is 17.7 Å². The van der Waals surface area contributed by atoms with Gasteiger partial charge in [-0.25, -0.2) is 0 Å². The molecular weight excluding hydrogens is 302 g/mol. The lowest BCUT2D eigenvalue weighted by atomic mass is 10.0. The minimum absolute atomic E-state index is 0.106. The van der Waals surface area contributed by atoms with E-state index < -0.39 is 6.10 Å². The Labute approximate surface area is 143 Å². The van der Waals surface area contributed by atoms with Crippen molar-refractivity contribution in [3.8, 4) is 16.9 Å². The zero-order chi connectivity index (χ0) is 17.5. The Morgan fingerprint density at radius 2 is 1.92 bits per heavy atom. The summed E-state index contributed by atoms with van der Waals surface area (Å²) in [6.45, 7) is 6.62. The van der Waals surface area contributed by atoms with Gasteiger partial charge >= 0.3 is 0 Å². The predicted octanol–water partition coefficient (Wildman–Crippen LogP) is 3.50. The van der Waals surface area contributed by atoms with Gasteiger partial charge in [-0.2, -0.15) is 0 Å². The molecule has 24 heavy (non-hydrogen) atoms. The lowest BCUT2D eigenvalue weighted by Gasteiger charge is -2.15. The molecule has 0 aliphatic rings. The fraction of sp³-hybridized carbons (Fsp3) is 0.350. The number of rotatable bonds is 7. The fourth-order valence-corrected chi connectivity index (χ4v) is 2.35. The highest BCUT2D eigenvalue weighted by Crippen LogP contribution is 2.30. The zero-order valence-corrected chi connectivity index (χ0v) is 14.5. The average Bonchev–Trinajstić information content (AvgIpc) is 2.60. The first-order chi connectivity index (χ1) is 11.5. The predicted molar refractivity (Wildman–Crippen MR) is 96.2 cm³/mol. The van der Waals surface area contributed by atoms with Crippen LogP contribution >= 0.6 is 0 Å². The zero-order valence-electron chi connectivity index (χ0n) is 14.5. The highest BCUT2D eigenvalue weighted by atomic mass is 16.5. The summed E-state index contributed by atoms with van der Waals surface area (Å²) >= 11 is 0. The van der Waals surface area contributed by atoms with Crippen LogP contribution in [0, 0.1) is 5.92 Å². The van der Waals surface area contributed by atoms with Crippen LogP contribution in [0.2, 0.25) is 0 Å². The topological polar surface area (TPSA) is 58.6 Å². The molecule has 0 radical (unpaired) electrons. The Morgan fingerprint density at radius 1 is 1.17 bits per heavy atom. The van der Waals surface area contributed by atoms with Gasteiger partial charge in [-0.1, -0.05) is 44.2 Å². The average molecular weight is 327 g/mol. The van der Waals surface area contributed by atoms with Gasteiger partial charge in [-0.15, -0.1) is 0 Å². The number of benzene rings is 2. The van der Waals surface area contributed by atoms with Gasteiger partial charge in [0.2, 0.25) is 0 Å². The van der Waals surface area contributed by atoms with Crippen molar-refractivity contribution in [1.29, 1.82) is 0 Å². The van der Waals surface area contributed by atoms with Crippen LogP contribution in [0.1, 0.15) is 31.1 Å². The van der Waals surface area contributed by atoms with E-state index in [1.165, 1.54) is 0 Å². The van der Waals surface area contributed by atoms with E-state index in [1.807, 2.05) is 63.2 Å².